The smallest absolute Gasteiger partial charge is 0.235 e. The minimum atomic E-state index is 0.246. The standard InChI is InChI=1S/C13H24N2OS/c1-2-8-15(11-6-7-14-10-11)13(16)12-5-3-4-9-17-12/h11-12,14H,2-10H2,1H3. The third-order valence-corrected chi connectivity index (χ3v) is 5.04. The fraction of sp³-hybridized carbons (Fsp3) is 0.923. The lowest BCUT2D eigenvalue weighted by atomic mass is 10.1. The zero-order valence-corrected chi connectivity index (χ0v) is 11.6. The van der Waals surface area contributed by atoms with Gasteiger partial charge in [0.2, 0.25) is 5.91 Å². The molecule has 1 N–H and O–H groups in total. The van der Waals surface area contributed by atoms with E-state index in [1.54, 1.807) is 0 Å². The maximum absolute atomic E-state index is 12.6. The number of hydrogen-bond donors (Lipinski definition) is 1. The highest BCUT2D eigenvalue weighted by Crippen LogP contribution is 2.27. The summed E-state index contributed by atoms with van der Waals surface area (Å²) in [5, 5.41) is 3.61. The van der Waals surface area contributed by atoms with Gasteiger partial charge in [0, 0.05) is 19.1 Å². The van der Waals surface area contributed by atoms with Gasteiger partial charge in [-0.25, -0.2) is 0 Å². The van der Waals surface area contributed by atoms with Crippen LogP contribution in [0.4, 0.5) is 0 Å². The molecule has 0 aromatic heterocycles. The Balaban J connectivity index is 1.95. The summed E-state index contributed by atoms with van der Waals surface area (Å²) in [5.41, 5.74) is 0. The van der Waals surface area contributed by atoms with E-state index in [4.69, 9.17) is 0 Å². The van der Waals surface area contributed by atoms with Crippen LogP contribution >= 0.6 is 11.8 Å². The predicted octanol–water partition coefficient (Wildman–Crippen LogP) is 1.87. The molecule has 2 saturated heterocycles. The maximum Gasteiger partial charge on any atom is 0.235 e. The van der Waals surface area contributed by atoms with Crippen molar-refractivity contribution in [1.82, 2.24) is 10.2 Å². The molecule has 2 aliphatic rings. The Morgan fingerprint density at radius 3 is 2.88 bits per heavy atom. The summed E-state index contributed by atoms with van der Waals surface area (Å²) in [6.45, 7) is 5.15. The first-order valence-electron chi connectivity index (χ1n) is 6.95. The van der Waals surface area contributed by atoms with Gasteiger partial charge in [-0.2, -0.15) is 0 Å². The quantitative estimate of drug-likeness (QED) is 0.833. The molecule has 2 heterocycles. The van der Waals surface area contributed by atoms with E-state index in [0.717, 1.165) is 38.9 Å². The molecule has 0 spiro atoms. The molecule has 4 heteroatoms. The van der Waals surface area contributed by atoms with Crippen molar-refractivity contribution in [3.05, 3.63) is 0 Å². The predicted molar refractivity (Wildman–Crippen MR) is 73.4 cm³/mol. The monoisotopic (exact) mass is 256 g/mol. The van der Waals surface area contributed by atoms with E-state index in [1.165, 1.54) is 18.6 Å². The van der Waals surface area contributed by atoms with Crippen LogP contribution in [-0.4, -0.2) is 47.5 Å². The van der Waals surface area contributed by atoms with Crippen LogP contribution in [-0.2, 0) is 4.79 Å². The highest BCUT2D eigenvalue weighted by Gasteiger charge is 2.31. The first-order chi connectivity index (χ1) is 8.33. The molecule has 0 radical (unpaired) electrons. The zero-order chi connectivity index (χ0) is 12.1. The van der Waals surface area contributed by atoms with Gasteiger partial charge in [0.05, 0.1) is 5.25 Å². The van der Waals surface area contributed by atoms with Gasteiger partial charge in [-0.05, 0) is 38.0 Å². The van der Waals surface area contributed by atoms with E-state index >= 15 is 0 Å². The molecule has 3 nitrogen and oxygen atoms in total. The minimum Gasteiger partial charge on any atom is -0.337 e. The third kappa shape index (κ3) is 3.38. The van der Waals surface area contributed by atoms with Crippen molar-refractivity contribution in [3.8, 4) is 0 Å². The topological polar surface area (TPSA) is 32.3 Å². The van der Waals surface area contributed by atoms with Crippen LogP contribution < -0.4 is 5.32 Å². The number of nitrogens with zero attached hydrogens (tertiary/aromatic N) is 1. The van der Waals surface area contributed by atoms with E-state index in [-0.39, 0.29) is 5.25 Å². The minimum absolute atomic E-state index is 0.246. The first kappa shape index (κ1) is 13.2. The van der Waals surface area contributed by atoms with Gasteiger partial charge in [0.15, 0.2) is 0 Å². The SMILES string of the molecule is CCCN(C(=O)C1CCCCS1)C1CCNC1. The van der Waals surface area contributed by atoms with Crippen molar-refractivity contribution in [2.24, 2.45) is 0 Å². The average Bonchev–Trinajstić information content (AvgIpc) is 2.90. The van der Waals surface area contributed by atoms with Crippen LogP contribution in [0.15, 0.2) is 0 Å². The Bertz CT molecular complexity index is 248. The zero-order valence-electron chi connectivity index (χ0n) is 10.8. The van der Waals surface area contributed by atoms with Crippen molar-refractivity contribution < 1.29 is 4.79 Å². The number of thioether (sulfide) groups is 1. The largest absolute Gasteiger partial charge is 0.337 e. The summed E-state index contributed by atoms with van der Waals surface area (Å²) in [5.74, 6) is 1.57. The van der Waals surface area contributed by atoms with Crippen molar-refractivity contribution in [2.45, 2.75) is 50.3 Å². The molecule has 0 aliphatic carbocycles. The van der Waals surface area contributed by atoms with E-state index in [2.05, 4.69) is 17.1 Å². The molecule has 2 rings (SSSR count). The van der Waals surface area contributed by atoms with E-state index in [1.807, 2.05) is 11.8 Å². The summed E-state index contributed by atoms with van der Waals surface area (Å²) in [7, 11) is 0. The fourth-order valence-corrected chi connectivity index (χ4v) is 4.01. The van der Waals surface area contributed by atoms with Crippen LogP contribution in [0.25, 0.3) is 0 Å². The Kier molecular flexibility index (Phi) is 5.16. The first-order valence-corrected chi connectivity index (χ1v) is 8.00. The van der Waals surface area contributed by atoms with Crippen LogP contribution in [0.3, 0.4) is 0 Å². The molecule has 2 atom stereocenters. The number of carbonyl (C=O) groups is 1. The second-order valence-electron chi connectivity index (χ2n) is 5.03. The Labute approximate surface area is 109 Å². The normalized spacial score (nSPS) is 29.2. The second-order valence-corrected chi connectivity index (χ2v) is 6.34. The lowest BCUT2D eigenvalue weighted by Crippen LogP contribution is -2.46. The highest BCUT2D eigenvalue weighted by molar-refractivity contribution is 8.00. The van der Waals surface area contributed by atoms with Gasteiger partial charge in [-0.3, -0.25) is 4.79 Å². The van der Waals surface area contributed by atoms with Crippen LogP contribution in [0.2, 0.25) is 0 Å². The molecule has 17 heavy (non-hydrogen) atoms. The van der Waals surface area contributed by atoms with Crippen molar-refractivity contribution in [3.63, 3.8) is 0 Å². The van der Waals surface area contributed by atoms with Crippen LogP contribution in [0.1, 0.15) is 39.0 Å². The molecule has 0 aromatic rings. The van der Waals surface area contributed by atoms with Gasteiger partial charge < -0.3 is 10.2 Å². The van der Waals surface area contributed by atoms with Gasteiger partial charge in [-0.1, -0.05) is 13.3 Å². The van der Waals surface area contributed by atoms with Gasteiger partial charge in [-0.15, -0.1) is 11.8 Å². The molecule has 2 aliphatic heterocycles. The lowest BCUT2D eigenvalue weighted by molar-refractivity contribution is -0.132. The Morgan fingerprint density at radius 1 is 1.41 bits per heavy atom. The van der Waals surface area contributed by atoms with Crippen molar-refractivity contribution in [1.29, 1.82) is 0 Å². The van der Waals surface area contributed by atoms with Crippen molar-refractivity contribution >= 4 is 17.7 Å². The lowest BCUT2D eigenvalue weighted by Gasteiger charge is -2.33. The molecule has 0 bridgehead atoms. The molecule has 98 valence electrons. The molecule has 2 unspecified atom stereocenters. The van der Waals surface area contributed by atoms with Gasteiger partial charge in [0.25, 0.3) is 0 Å². The number of rotatable bonds is 4. The number of amides is 1. The summed E-state index contributed by atoms with van der Waals surface area (Å²) >= 11 is 1.87. The average molecular weight is 256 g/mol. The molecule has 0 aromatic carbocycles. The Morgan fingerprint density at radius 2 is 2.29 bits per heavy atom. The summed E-state index contributed by atoms with van der Waals surface area (Å²) in [6, 6.07) is 0.449. The van der Waals surface area contributed by atoms with Gasteiger partial charge >= 0.3 is 0 Å². The molecular formula is C13H24N2OS. The van der Waals surface area contributed by atoms with E-state index < -0.39 is 0 Å². The second kappa shape index (κ2) is 6.64. The fourth-order valence-electron chi connectivity index (χ4n) is 2.74. The van der Waals surface area contributed by atoms with E-state index in [0.29, 0.717) is 11.9 Å². The maximum atomic E-state index is 12.6. The molecular weight excluding hydrogens is 232 g/mol. The van der Waals surface area contributed by atoms with Crippen LogP contribution in [0.5, 0.6) is 0 Å². The number of hydrogen-bond acceptors (Lipinski definition) is 3. The highest BCUT2D eigenvalue weighted by atomic mass is 32.2. The summed E-state index contributed by atoms with van der Waals surface area (Å²) < 4.78 is 0. The molecule has 2 fully saturated rings. The third-order valence-electron chi connectivity index (χ3n) is 3.68. The van der Waals surface area contributed by atoms with Crippen molar-refractivity contribution in [2.75, 3.05) is 25.4 Å². The summed E-state index contributed by atoms with van der Waals surface area (Å²) in [6.07, 6.45) is 5.80. The number of carbonyl (C=O) groups excluding carboxylic acids is 1. The number of nitrogens with one attached hydrogen (secondary N) is 1. The molecule has 0 saturated carbocycles. The molecule has 1 amide bonds. The summed E-state index contributed by atoms with van der Waals surface area (Å²) in [4.78, 5) is 14.7. The van der Waals surface area contributed by atoms with Crippen LogP contribution in [0, 0.1) is 0 Å². The Hall–Kier alpha value is -0.220. The van der Waals surface area contributed by atoms with Gasteiger partial charge in [0.1, 0.15) is 0 Å². The van der Waals surface area contributed by atoms with E-state index in [9.17, 15) is 4.79 Å².